The Kier molecular flexibility index (Phi) is 5.93. The van der Waals surface area contributed by atoms with Gasteiger partial charge in [0.2, 0.25) is 5.91 Å². The monoisotopic (exact) mass is 334 g/mol. The summed E-state index contributed by atoms with van der Waals surface area (Å²) in [7, 11) is 1.64. The number of morpholine rings is 1. The van der Waals surface area contributed by atoms with E-state index in [4.69, 9.17) is 14.2 Å². The van der Waals surface area contributed by atoms with Gasteiger partial charge in [-0.2, -0.15) is 0 Å². The number of benzene rings is 1. The van der Waals surface area contributed by atoms with Gasteiger partial charge in [-0.25, -0.2) is 0 Å². The lowest BCUT2D eigenvalue weighted by Gasteiger charge is -2.33. The van der Waals surface area contributed by atoms with Crippen LogP contribution in [0.4, 0.5) is 0 Å². The van der Waals surface area contributed by atoms with Gasteiger partial charge in [0.25, 0.3) is 0 Å². The largest absolute Gasteiger partial charge is 0.493 e. The molecule has 1 atom stereocenters. The molecule has 0 aliphatic carbocycles. The average Bonchev–Trinajstić information content (AvgIpc) is 2.63. The molecule has 2 heterocycles. The zero-order chi connectivity index (χ0) is 16.8. The van der Waals surface area contributed by atoms with E-state index < -0.39 is 0 Å². The Balaban J connectivity index is 1.46. The molecule has 24 heavy (non-hydrogen) atoms. The number of nitrogens with one attached hydrogen (secondary N) is 1. The lowest BCUT2D eigenvalue weighted by atomic mass is 10.1. The van der Waals surface area contributed by atoms with E-state index in [0.29, 0.717) is 13.0 Å². The first-order valence-electron chi connectivity index (χ1n) is 8.66. The first-order chi connectivity index (χ1) is 11.8. The minimum absolute atomic E-state index is 0.00815. The minimum Gasteiger partial charge on any atom is -0.493 e. The van der Waals surface area contributed by atoms with Crippen LogP contribution in [0.3, 0.4) is 0 Å². The highest BCUT2D eigenvalue weighted by molar-refractivity contribution is 5.76. The Bertz CT molecular complexity index is 538. The van der Waals surface area contributed by atoms with Crippen LogP contribution in [0.15, 0.2) is 24.3 Å². The molecule has 6 heteroatoms. The lowest BCUT2D eigenvalue weighted by Crippen LogP contribution is -2.45. The molecule has 0 bridgehead atoms. The van der Waals surface area contributed by atoms with Gasteiger partial charge in [-0.1, -0.05) is 12.1 Å². The molecule has 1 N–H and O–H groups in total. The van der Waals surface area contributed by atoms with Crippen molar-refractivity contribution in [2.75, 3.05) is 39.9 Å². The predicted molar refractivity (Wildman–Crippen MR) is 90.5 cm³/mol. The van der Waals surface area contributed by atoms with Crippen molar-refractivity contribution in [3.05, 3.63) is 24.3 Å². The van der Waals surface area contributed by atoms with Crippen molar-refractivity contribution in [2.24, 2.45) is 0 Å². The van der Waals surface area contributed by atoms with Crippen LogP contribution in [-0.4, -0.2) is 62.9 Å². The Morgan fingerprint density at radius 1 is 1.29 bits per heavy atom. The summed E-state index contributed by atoms with van der Waals surface area (Å²) < 4.78 is 17.0. The van der Waals surface area contributed by atoms with Gasteiger partial charge >= 0.3 is 0 Å². The van der Waals surface area contributed by atoms with Crippen LogP contribution < -0.4 is 14.8 Å². The molecule has 1 aromatic rings. The number of carbonyl (C=O) groups is 1. The van der Waals surface area contributed by atoms with Crippen LogP contribution in [0, 0.1) is 0 Å². The second kappa shape index (κ2) is 8.35. The number of hydrogen-bond acceptors (Lipinski definition) is 5. The lowest BCUT2D eigenvalue weighted by molar-refractivity contribution is -0.136. The summed E-state index contributed by atoms with van der Waals surface area (Å²) in [5, 5.41) is 3.26. The Morgan fingerprint density at radius 3 is 2.71 bits per heavy atom. The van der Waals surface area contributed by atoms with E-state index >= 15 is 0 Å². The summed E-state index contributed by atoms with van der Waals surface area (Å²) in [5.74, 6) is 1.70. The molecule has 0 saturated carbocycles. The van der Waals surface area contributed by atoms with E-state index in [1.807, 2.05) is 29.2 Å². The number of amides is 1. The van der Waals surface area contributed by atoms with Crippen molar-refractivity contribution >= 4 is 5.91 Å². The fourth-order valence-electron chi connectivity index (χ4n) is 3.19. The summed E-state index contributed by atoms with van der Waals surface area (Å²) in [6.07, 6.45) is 2.28. The third kappa shape index (κ3) is 4.39. The molecule has 132 valence electrons. The van der Waals surface area contributed by atoms with Gasteiger partial charge in [0, 0.05) is 39.0 Å². The van der Waals surface area contributed by atoms with E-state index in [1.54, 1.807) is 7.11 Å². The summed E-state index contributed by atoms with van der Waals surface area (Å²) in [6, 6.07) is 7.68. The second-order valence-corrected chi connectivity index (χ2v) is 6.25. The highest BCUT2D eigenvalue weighted by Crippen LogP contribution is 2.29. The van der Waals surface area contributed by atoms with Crippen LogP contribution in [0.2, 0.25) is 0 Å². The highest BCUT2D eigenvalue weighted by atomic mass is 16.5. The van der Waals surface area contributed by atoms with E-state index in [9.17, 15) is 4.79 Å². The summed E-state index contributed by atoms with van der Waals surface area (Å²) >= 11 is 0. The van der Waals surface area contributed by atoms with Crippen molar-refractivity contribution in [3.63, 3.8) is 0 Å². The zero-order valence-electron chi connectivity index (χ0n) is 14.2. The molecular formula is C18H26N2O4. The van der Waals surface area contributed by atoms with E-state index in [1.165, 1.54) is 0 Å². The highest BCUT2D eigenvalue weighted by Gasteiger charge is 2.27. The number of carbonyl (C=O) groups excluding carboxylic acids is 1. The molecular weight excluding hydrogens is 308 g/mol. The summed E-state index contributed by atoms with van der Waals surface area (Å²) in [6.45, 7) is 3.79. The van der Waals surface area contributed by atoms with Gasteiger partial charge in [-0.15, -0.1) is 0 Å². The molecule has 0 spiro atoms. The molecule has 2 aliphatic heterocycles. The predicted octanol–water partition coefficient (Wildman–Crippen LogP) is 1.44. The second-order valence-electron chi connectivity index (χ2n) is 6.25. The van der Waals surface area contributed by atoms with E-state index in [2.05, 4.69) is 5.32 Å². The molecule has 1 amide bonds. The number of piperidine rings is 1. The molecule has 0 radical (unpaired) electrons. The third-order valence-electron chi connectivity index (χ3n) is 4.56. The molecule has 3 rings (SSSR count). The van der Waals surface area contributed by atoms with Crippen LogP contribution in [0.25, 0.3) is 0 Å². The van der Waals surface area contributed by atoms with Gasteiger partial charge in [0.1, 0.15) is 6.10 Å². The minimum atomic E-state index is 0.00815. The van der Waals surface area contributed by atoms with E-state index in [0.717, 1.165) is 50.5 Å². The number of para-hydroxylation sites is 2. The van der Waals surface area contributed by atoms with Crippen LogP contribution >= 0.6 is 0 Å². The summed E-state index contributed by atoms with van der Waals surface area (Å²) in [4.78, 5) is 14.3. The number of hydrogen-bond donors (Lipinski definition) is 1. The van der Waals surface area contributed by atoms with Gasteiger partial charge in [0.15, 0.2) is 11.5 Å². The third-order valence-corrected chi connectivity index (χ3v) is 4.56. The van der Waals surface area contributed by atoms with Crippen LogP contribution in [0.5, 0.6) is 11.5 Å². The quantitative estimate of drug-likeness (QED) is 0.883. The van der Waals surface area contributed by atoms with Crippen molar-refractivity contribution < 1.29 is 19.0 Å². The Morgan fingerprint density at radius 2 is 2.04 bits per heavy atom. The molecule has 2 aliphatic rings. The number of nitrogens with zero attached hydrogens (tertiary/aromatic N) is 1. The number of methoxy groups -OCH3 is 1. The summed E-state index contributed by atoms with van der Waals surface area (Å²) in [5.41, 5.74) is 0. The molecule has 6 nitrogen and oxygen atoms in total. The molecule has 2 saturated heterocycles. The van der Waals surface area contributed by atoms with Crippen molar-refractivity contribution in [2.45, 2.75) is 31.5 Å². The molecule has 0 aromatic heterocycles. The SMILES string of the molecule is COc1ccccc1OC1CCN(C(=O)C[C@H]2CNCCO2)CC1. The van der Waals surface area contributed by atoms with Crippen LogP contribution in [0.1, 0.15) is 19.3 Å². The molecule has 1 aromatic carbocycles. The normalized spacial score (nSPS) is 22.2. The van der Waals surface area contributed by atoms with Crippen molar-refractivity contribution in [1.29, 1.82) is 0 Å². The number of likely N-dealkylation sites (tertiary alicyclic amines) is 1. The smallest absolute Gasteiger partial charge is 0.225 e. The van der Waals surface area contributed by atoms with E-state index in [-0.39, 0.29) is 18.1 Å². The van der Waals surface area contributed by atoms with Crippen molar-refractivity contribution in [3.8, 4) is 11.5 Å². The van der Waals surface area contributed by atoms with Gasteiger partial charge in [-0.3, -0.25) is 4.79 Å². The van der Waals surface area contributed by atoms with Gasteiger partial charge in [0.05, 0.1) is 26.2 Å². The zero-order valence-corrected chi connectivity index (χ0v) is 14.2. The van der Waals surface area contributed by atoms with Gasteiger partial charge in [-0.05, 0) is 12.1 Å². The fraction of sp³-hybridized carbons (Fsp3) is 0.611. The number of rotatable bonds is 5. The van der Waals surface area contributed by atoms with Crippen molar-refractivity contribution in [1.82, 2.24) is 10.2 Å². The number of ether oxygens (including phenoxy) is 3. The molecule has 2 fully saturated rings. The fourth-order valence-corrected chi connectivity index (χ4v) is 3.19. The average molecular weight is 334 g/mol. The maximum atomic E-state index is 12.4. The van der Waals surface area contributed by atoms with Crippen LogP contribution in [-0.2, 0) is 9.53 Å². The maximum absolute atomic E-state index is 12.4. The maximum Gasteiger partial charge on any atom is 0.225 e. The van der Waals surface area contributed by atoms with Gasteiger partial charge < -0.3 is 24.4 Å². The topological polar surface area (TPSA) is 60.0 Å². The standard InChI is InChI=1S/C18H26N2O4/c1-22-16-4-2-3-5-17(16)24-14-6-9-20(10-7-14)18(21)12-15-13-19-8-11-23-15/h2-5,14-15,19H,6-13H2,1H3/t15-/m0/s1. The Hall–Kier alpha value is -1.79. The Labute approximate surface area is 143 Å². The molecule has 0 unspecified atom stereocenters. The first-order valence-corrected chi connectivity index (χ1v) is 8.66. The first kappa shape index (κ1) is 17.0.